The maximum Gasteiger partial charge on any atom is 0.0659 e. The molecule has 0 aliphatic rings. The zero-order chi connectivity index (χ0) is 14.4. The molecule has 0 aliphatic carbocycles. The Balaban J connectivity index is 1.99. The first-order chi connectivity index (χ1) is 9.72. The van der Waals surface area contributed by atoms with E-state index in [2.05, 4.69) is 56.3 Å². The third kappa shape index (κ3) is 3.81. The SMILES string of the molecule is CCCC(C)COCC(N)c1cccc2ccccc12. The average Bonchev–Trinajstić information content (AvgIpc) is 2.47. The molecule has 20 heavy (non-hydrogen) atoms. The van der Waals surface area contributed by atoms with Gasteiger partial charge in [-0.2, -0.15) is 0 Å². The van der Waals surface area contributed by atoms with Gasteiger partial charge in [0.05, 0.1) is 12.6 Å². The summed E-state index contributed by atoms with van der Waals surface area (Å²) in [5.41, 5.74) is 7.47. The topological polar surface area (TPSA) is 35.2 Å². The van der Waals surface area contributed by atoms with Crippen LogP contribution in [0.25, 0.3) is 10.8 Å². The summed E-state index contributed by atoms with van der Waals surface area (Å²) in [4.78, 5) is 0. The Hall–Kier alpha value is -1.38. The lowest BCUT2D eigenvalue weighted by molar-refractivity contribution is 0.0911. The summed E-state index contributed by atoms with van der Waals surface area (Å²) < 4.78 is 5.79. The van der Waals surface area contributed by atoms with E-state index in [4.69, 9.17) is 10.5 Å². The molecule has 0 fully saturated rings. The molecule has 2 aromatic rings. The molecule has 0 aliphatic heterocycles. The van der Waals surface area contributed by atoms with Crippen molar-refractivity contribution in [2.24, 2.45) is 11.7 Å². The summed E-state index contributed by atoms with van der Waals surface area (Å²) in [6.07, 6.45) is 2.42. The predicted molar refractivity (Wildman–Crippen MR) is 85.8 cm³/mol. The van der Waals surface area contributed by atoms with Crippen molar-refractivity contribution in [2.75, 3.05) is 13.2 Å². The van der Waals surface area contributed by atoms with Crippen LogP contribution in [-0.2, 0) is 4.74 Å². The van der Waals surface area contributed by atoms with Crippen LogP contribution in [0.5, 0.6) is 0 Å². The van der Waals surface area contributed by atoms with Crippen LogP contribution < -0.4 is 5.73 Å². The normalized spacial score (nSPS) is 14.3. The van der Waals surface area contributed by atoms with E-state index in [-0.39, 0.29) is 6.04 Å². The summed E-state index contributed by atoms with van der Waals surface area (Å²) in [5, 5.41) is 2.47. The van der Waals surface area contributed by atoms with Gasteiger partial charge in [-0.1, -0.05) is 62.7 Å². The molecule has 2 aromatic carbocycles. The van der Waals surface area contributed by atoms with Gasteiger partial charge in [-0.15, -0.1) is 0 Å². The predicted octanol–water partition coefficient (Wildman–Crippen LogP) is 4.29. The molecule has 0 radical (unpaired) electrons. The minimum absolute atomic E-state index is 0.0603. The fraction of sp³-hybridized carbons (Fsp3) is 0.444. The van der Waals surface area contributed by atoms with E-state index < -0.39 is 0 Å². The quantitative estimate of drug-likeness (QED) is 0.815. The molecule has 0 heterocycles. The lowest BCUT2D eigenvalue weighted by Gasteiger charge is -2.17. The standard InChI is InChI=1S/C18H25NO/c1-3-7-14(2)12-20-13-18(19)17-11-6-9-15-8-4-5-10-16(15)17/h4-6,8-11,14,18H,3,7,12-13,19H2,1-2H3. The molecule has 0 bridgehead atoms. The second-order valence-corrected chi connectivity index (χ2v) is 5.61. The average molecular weight is 271 g/mol. The first-order valence-electron chi connectivity index (χ1n) is 7.53. The fourth-order valence-electron chi connectivity index (χ4n) is 2.64. The Morgan fingerprint density at radius 3 is 2.60 bits per heavy atom. The van der Waals surface area contributed by atoms with Crippen molar-refractivity contribution in [1.82, 2.24) is 0 Å². The van der Waals surface area contributed by atoms with Crippen LogP contribution in [0, 0.1) is 5.92 Å². The van der Waals surface area contributed by atoms with Crippen LogP contribution in [0.1, 0.15) is 38.3 Å². The van der Waals surface area contributed by atoms with Gasteiger partial charge < -0.3 is 10.5 Å². The van der Waals surface area contributed by atoms with Crippen molar-refractivity contribution >= 4 is 10.8 Å². The number of rotatable bonds is 7. The lowest BCUT2D eigenvalue weighted by atomic mass is 10.00. The van der Waals surface area contributed by atoms with Gasteiger partial charge >= 0.3 is 0 Å². The van der Waals surface area contributed by atoms with Gasteiger partial charge in [0.2, 0.25) is 0 Å². The van der Waals surface area contributed by atoms with Gasteiger partial charge in [0.25, 0.3) is 0 Å². The van der Waals surface area contributed by atoms with Gasteiger partial charge in [0.15, 0.2) is 0 Å². The van der Waals surface area contributed by atoms with E-state index >= 15 is 0 Å². The minimum Gasteiger partial charge on any atom is -0.379 e. The highest BCUT2D eigenvalue weighted by Gasteiger charge is 2.10. The zero-order valence-corrected chi connectivity index (χ0v) is 12.5. The number of benzene rings is 2. The Labute approximate surface area is 121 Å². The summed E-state index contributed by atoms with van der Waals surface area (Å²) in [6.45, 7) is 5.82. The van der Waals surface area contributed by atoms with Crippen LogP contribution in [0.15, 0.2) is 42.5 Å². The Bertz CT molecular complexity index is 532. The molecular formula is C18H25NO. The van der Waals surface area contributed by atoms with Gasteiger partial charge in [-0.3, -0.25) is 0 Å². The summed E-state index contributed by atoms with van der Waals surface area (Å²) in [6, 6.07) is 14.6. The number of ether oxygens (including phenoxy) is 1. The van der Waals surface area contributed by atoms with Crippen molar-refractivity contribution in [1.29, 1.82) is 0 Å². The van der Waals surface area contributed by atoms with Gasteiger partial charge in [0, 0.05) is 6.61 Å². The van der Waals surface area contributed by atoms with Gasteiger partial charge in [0.1, 0.15) is 0 Å². The first kappa shape index (κ1) is 15.0. The highest BCUT2D eigenvalue weighted by molar-refractivity contribution is 5.86. The Morgan fingerprint density at radius 2 is 1.80 bits per heavy atom. The van der Waals surface area contributed by atoms with E-state index in [1.54, 1.807) is 0 Å². The van der Waals surface area contributed by atoms with Gasteiger partial charge in [-0.05, 0) is 28.7 Å². The molecular weight excluding hydrogens is 246 g/mol. The summed E-state index contributed by atoms with van der Waals surface area (Å²) in [7, 11) is 0. The highest BCUT2D eigenvalue weighted by atomic mass is 16.5. The van der Waals surface area contributed by atoms with E-state index in [0.717, 1.165) is 6.61 Å². The second-order valence-electron chi connectivity index (χ2n) is 5.61. The van der Waals surface area contributed by atoms with E-state index in [0.29, 0.717) is 12.5 Å². The smallest absolute Gasteiger partial charge is 0.0659 e. The van der Waals surface area contributed by atoms with Crippen molar-refractivity contribution in [3.8, 4) is 0 Å². The number of hydrogen-bond acceptors (Lipinski definition) is 2. The van der Waals surface area contributed by atoms with Gasteiger partial charge in [-0.25, -0.2) is 0 Å². The molecule has 0 aromatic heterocycles. The van der Waals surface area contributed by atoms with Crippen LogP contribution in [0.4, 0.5) is 0 Å². The third-order valence-corrected chi connectivity index (χ3v) is 3.70. The first-order valence-corrected chi connectivity index (χ1v) is 7.53. The van der Waals surface area contributed by atoms with Crippen LogP contribution >= 0.6 is 0 Å². The Kier molecular flexibility index (Phi) is 5.57. The molecule has 2 nitrogen and oxygen atoms in total. The van der Waals surface area contributed by atoms with E-state index in [1.807, 2.05) is 0 Å². The van der Waals surface area contributed by atoms with E-state index in [1.165, 1.54) is 29.2 Å². The molecule has 2 atom stereocenters. The number of nitrogens with two attached hydrogens (primary N) is 1. The maximum atomic E-state index is 6.30. The van der Waals surface area contributed by atoms with Crippen molar-refractivity contribution < 1.29 is 4.74 Å². The van der Waals surface area contributed by atoms with Crippen molar-refractivity contribution in [3.05, 3.63) is 48.0 Å². The molecule has 0 amide bonds. The molecule has 108 valence electrons. The third-order valence-electron chi connectivity index (χ3n) is 3.70. The molecule has 0 spiro atoms. The minimum atomic E-state index is -0.0603. The molecule has 0 saturated carbocycles. The molecule has 2 unspecified atom stereocenters. The molecule has 2 heteroatoms. The van der Waals surface area contributed by atoms with E-state index in [9.17, 15) is 0 Å². The van der Waals surface area contributed by atoms with Crippen LogP contribution in [0.2, 0.25) is 0 Å². The number of hydrogen-bond donors (Lipinski definition) is 1. The zero-order valence-electron chi connectivity index (χ0n) is 12.5. The largest absolute Gasteiger partial charge is 0.379 e. The van der Waals surface area contributed by atoms with Crippen molar-refractivity contribution in [2.45, 2.75) is 32.7 Å². The molecule has 0 saturated heterocycles. The fourth-order valence-corrected chi connectivity index (χ4v) is 2.64. The monoisotopic (exact) mass is 271 g/mol. The summed E-state index contributed by atoms with van der Waals surface area (Å²) >= 11 is 0. The lowest BCUT2D eigenvalue weighted by Crippen LogP contribution is -2.19. The summed E-state index contributed by atoms with van der Waals surface area (Å²) in [5.74, 6) is 0.611. The Morgan fingerprint density at radius 1 is 1.05 bits per heavy atom. The number of fused-ring (bicyclic) bond motifs is 1. The highest BCUT2D eigenvalue weighted by Crippen LogP contribution is 2.23. The van der Waals surface area contributed by atoms with Crippen LogP contribution in [0.3, 0.4) is 0 Å². The molecule has 2 rings (SSSR count). The van der Waals surface area contributed by atoms with Crippen LogP contribution in [-0.4, -0.2) is 13.2 Å². The molecule has 2 N–H and O–H groups in total. The maximum absolute atomic E-state index is 6.30. The second kappa shape index (κ2) is 7.41. The van der Waals surface area contributed by atoms with Crippen molar-refractivity contribution in [3.63, 3.8) is 0 Å².